The molecule has 0 N–H and O–H groups in total. The maximum Gasteiger partial charge on any atom is 0.0834 e. The predicted molar refractivity (Wildman–Crippen MR) is 56.8 cm³/mol. The van der Waals surface area contributed by atoms with E-state index in [1.165, 1.54) is 0 Å². The fraction of sp³-hybridized carbons (Fsp3) is 1.00. The minimum atomic E-state index is 0.185. The van der Waals surface area contributed by atoms with Crippen LogP contribution in [0.3, 0.4) is 0 Å². The van der Waals surface area contributed by atoms with E-state index in [0.29, 0.717) is 17.6 Å². The standard InChI is InChI=1S/C11H19ClO2/c1-3-11(2)9(12)6-10(11)14-8-4-5-13-7-8/h8-10H,3-7H2,1-2H3. The minimum absolute atomic E-state index is 0.185. The molecule has 1 heterocycles. The van der Waals surface area contributed by atoms with Gasteiger partial charge in [0.05, 0.1) is 18.8 Å². The highest BCUT2D eigenvalue weighted by Gasteiger charge is 2.51. The van der Waals surface area contributed by atoms with E-state index >= 15 is 0 Å². The Morgan fingerprint density at radius 2 is 2.36 bits per heavy atom. The Bertz CT molecular complexity index is 203. The molecule has 1 aliphatic carbocycles. The molecule has 3 heteroatoms. The first-order valence-corrected chi connectivity index (χ1v) is 5.97. The van der Waals surface area contributed by atoms with Gasteiger partial charge < -0.3 is 9.47 Å². The van der Waals surface area contributed by atoms with Crippen LogP contribution in [0, 0.1) is 5.41 Å². The largest absolute Gasteiger partial charge is 0.379 e. The molecule has 0 aromatic rings. The van der Waals surface area contributed by atoms with Crippen molar-refractivity contribution in [3.05, 3.63) is 0 Å². The van der Waals surface area contributed by atoms with Crippen molar-refractivity contribution in [2.75, 3.05) is 13.2 Å². The Morgan fingerprint density at radius 3 is 2.86 bits per heavy atom. The Hall–Kier alpha value is 0.210. The lowest BCUT2D eigenvalue weighted by molar-refractivity contribution is -0.132. The van der Waals surface area contributed by atoms with E-state index in [1.807, 2.05) is 0 Å². The third-order valence-corrected chi connectivity index (χ3v) is 4.56. The number of hydrogen-bond acceptors (Lipinski definition) is 2. The number of alkyl halides is 1. The van der Waals surface area contributed by atoms with Crippen molar-refractivity contribution in [2.45, 2.75) is 50.7 Å². The zero-order valence-electron chi connectivity index (χ0n) is 8.96. The maximum atomic E-state index is 6.23. The molecule has 0 spiro atoms. The van der Waals surface area contributed by atoms with E-state index in [4.69, 9.17) is 21.1 Å². The van der Waals surface area contributed by atoms with Crippen molar-refractivity contribution in [3.8, 4) is 0 Å². The number of hydrogen-bond donors (Lipinski definition) is 0. The highest BCUT2D eigenvalue weighted by atomic mass is 35.5. The lowest BCUT2D eigenvalue weighted by Gasteiger charge is -2.51. The second kappa shape index (κ2) is 3.99. The van der Waals surface area contributed by atoms with Gasteiger partial charge in [-0.3, -0.25) is 0 Å². The van der Waals surface area contributed by atoms with E-state index in [2.05, 4.69) is 13.8 Å². The average Bonchev–Trinajstić information content (AvgIpc) is 2.69. The van der Waals surface area contributed by atoms with E-state index in [9.17, 15) is 0 Å². The van der Waals surface area contributed by atoms with Gasteiger partial charge in [-0.2, -0.15) is 0 Å². The van der Waals surface area contributed by atoms with Crippen LogP contribution in [0.2, 0.25) is 0 Å². The fourth-order valence-corrected chi connectivity index (χ4v) is 2.74. The van der Waals surface area contributed by atoms with Gasteiger partial charge in [-0.05, 0) is 19.3 Å². The van der Waals surface area contributed by atoms with E-state index < -0.39 is 0 Å². The summed E-state index contributed by atoms with van der Waals surface area (Å²) in [5.74, 6) is 0. The van der Waals surface area contributed by atoms with Crippen LogP contribution >= 0.6 is 11.6 Å². The summed E-state index contributed by atoms with van der Waals surface area (Å²) in [5.41, 5.74) is 0.185. The second-order valence-corrected chi connectivity index (χ2v) is 5.20. The molecule has 2 fully saturated rings. The second-order valence-electron chi connectivity index (χ2n) is 4.67. The highest BCUT2D eigenvalue weighted by Crippen LogP contribution is 2.49. The van der Waals surface area contributed by atoms with Gasteiger partial charge in [-0.1, -0.05) is 13.8 Å². The highest BCUT2D eigenvalue weighted by molar-refractivity contribution is 6.21. The quantitative estimate of drug-likeness (QED) is 0.678. The summed E-state index contributed by atoms with van der Waals surface area (Å²) in [7, 11) is 0. The lowest BCUT2D eigenvalue weighted by atomic mass is 9.65. The Balaban J connectivity index is 1.87. The van der Waals surface area contributed by atoms with Crippen LogP contribution in [0.25, 0.3) is 0 Å². The molecule has 14 heavy (non-hydrogen) atoms. The number of halogens is 1. The first kappa shape index (κ1) is 10.7. The monoisotopic (exact) mass is 218 g/mol. The van der Waals surface area contributed by atoms with Gasteiger partial charge in [0.1, 0.15) is 0 Å². The molecule has 1 aliphatic heterocycles. The molecular formula is C11H19ClO2. The summed E-state index contributed by atoms with van der Waals surface area (Å²) in [6.07, 6.45) is 3.81. The fourth-order valence-electron chi connectivity index (χ4n) is 2.28. The summed E-state index contributed by atoms with van der Waals surface area (Å²) < 4.78 is 11.3. The molecule has 4 unspecified atom stereocenters. The van der Waals surface area contributed by atoms with Gasteiger partial charge in [-0.15, -0.1) is 11.6 Å². The molecule has 1 saturated heterocycles. The lowest BCUT2D eigenvalue weighted by Crippen LogP contribution is -2.54. The van der Waals surface area contributed by atoms with Gasteiger partial charge in [0.15, 0.2) is 0 Å². The van der Waals surface area contributed by atoms with E-state index in [1.54, 1.807) is 0 Å². The van der Waals surface area contributed by atoms with Crippen LogP contribution in [0.15, 0.2) is 0 Å². The summed E-state index contributed by atoms with van der Waals surface area (Å²) in [6, 6.07) is 0. The molecule has 1 saturated carbocycles. The van der Waals surface area contributed by atoms with Crippen molar-refractivity contribution < 1.29 is 9.47 Å². The van der Waals surface area contributed by atoms with E-state index in [0.717, 1.165) is 32.5 Å². The molecule has 2 aliphatic rings. The molecule has 0 aromatic carbocycles. The van der Waals surface area contributed by atoms with Crippen molar-refractivity contribution in [2.24, 2.45) is 5.41 Å². The zero-order chi connectivity index (χ0) is 10.2. The number of rotatable bonds is 3. The van der Waals surface area contributed by atoms with Gasteiger partial charge in [0, 0.05) is 17.4 Å². The van der Waals surface area contributed by atoms with Crippen molar-refractivity contribution in [3.63, 3.8) is 0 Å². The molecule has 0 amide bonds. The van der Waals surface area contributed by atoms with Crippen LogP contribution in [0.4, 0.5) is 0 Å². The maximum absolute atomic E-state index is 6.23. The van der Waals surface area contributed by atoms with Crippen molar-refractivity contribution in [1.29, 1.82) is 0 Å². The molecule has 0 radical (unpaired) electrons. The average molecular weight is 219 g/mol. The van der Waals surface area contributed by atoms with Crippen LogP contribution in [-0.4, -0.2) is 30.8 Å². The van der Waals surface area contributed by atoms with Gasteiger partial charge in [0.25, 0.3) is 0 Å². The molecule has 2 nitrogen and oxygen atoms in total. The number of ether oxygens (including phenoxy) is 2. The predicted octanol–water partition coefficient (Wildman–Crippen LogP) is 2.59. The Morgan fingerprint density at radius 1 is 1.57 bits per heavy atom. The van der Waals surface area contributed by atoms with Crippen LogP contribution in [0.5, 0.6) is 0 Å². The SMILES string of the molecule is CCC1(C)C(Cl)CC1OC1CCOC1. The zero-order valence-corrected chi connectivity index (χ0v) is 9.72. The van der Waals surface area contributed by atoms with Gasteiger partial charge >= 0.3 is 0 Å². The van der Waals surface area contributed by atoms with Gasteiger partial charge in [-0.25, -0.2) is 0 Å². The third-order valence-electron chi connectivity index (χ3n) is 3.88. The van der Waals surface area contributed by atoms with Crippen molar-refractivity contribution >= 4 is 11.6 Å². The van der Waals surface area contributed by atoms with Gasteiger partial charge in [0.2, 0.25) is 0 Å². The smallest absolute Gasteiger partial charge is 0.0834 e. The summed E-state index contributed by atoms with van der Waals surface area (Å²) in [5, 5.41) is 0.292. The Kier molecular flexibility index (Phi) is 3.06. The minimum Gasteiger partial charge on any atom is -0.379 e. The summed E-state index contributed by atoms with van der Waals surface area (Å²) in [4.78, 5) is 0. The first-order valence-electron chi connectivity index (χ1n) is 5.54. The Labute approximate surface area is 90.9 Å². The molecule has 2 rings (SSSR count). The van der Waals surface area contributed by atoms with Crippen LogP contribution in [0.1, 0.15) is 33.1 Å². The third kappa shape index (κ3) is 1.68. The summed E-state index contributed by atoms with van der Waals surface area (Å²) in [6.45, 7) is 6.04. The summed E-state index contributed by atoms with van der Waals surface area (Å²) >= 11 is 6.23. The van der Waals surface area contributed by atoms with E-state index in [-0.39, 0.29) is 5.41 Å². The normalized spacial score (nSPS) is 47.8. The molecule has 0 bridgehead atoms. The van der Waals surface area contributed by atoms with Crippen molar-refractivity contribution in [1.82, 2.24) is 0 Å². The topological polar surface area (TPSA) is 18.5 Å². The van der Waals surface area contributed by atoms with Crippen LogP contribution < -0.4 is 0 Å². The first-order chi connectivity index (χ1) is 6.66. The molecule has 0 aromatic heterocycles. The van der Waals surface area contributed by atoms with Crippen LogP contribution in [-0.2, 0) is 9.47 Å². The molecule has 4 atom stereocenters. The molecule has 82 valence electrons. The molecular weight excluding hydrogens is 200 g/mol.